The molecule has 172 valence electrons. The van der Waals surface area contributed by atoms with Crippen molar-refractivity contribution in [3.63, 3.8) is 0 Å². The van der Waals surface area contributed by atoms with Gasteiger partial charge in [0, 0.05) is 17.6 Å². The molecule has 0 saturated heterocycles. The molecule has 0 unspecified atom stereocenters. The molecule has 0 aliphatic heterocycles. The maximum Gasteiger partial charge on any atom is 0.258 e. The predicted molar refractivity (Wildman–Crippen MR) is 137 cm³/mol. The van der Waals surface area contributed by atoms with E-state index in [0.29, 0.717) is 41.4 Å². The van der Waals surface area contributed by atoms with E-state index in [1.54, 1.807) is 6.07 Å². The summed E-state index contributed by atoms with van der Waals surface area (Å²) in [6.45, 7) is 6.10. The number of hydrogen-bond acceptors (Lipinski definition) is 4. The summed E-state index contributed by atoms with van der Waals surface area (Å²) in [4.78, 5) is 27.4. The molecular formula is C27H26ClN5O. The molecule has 0 bridgehead atoms. The smallest absolute Gasteiger partial charge is 0.258 e. The normalized spacial score (nSPS) is 11.8. The minimum atomic E-state index is -0.115. The number of para-hydroxylation sites is 1. The number of imidazole rings is 1. The van der Waals surface area contributed by atoms with Crippen LogP contribution in [0.2, 0.25) is 5.02 Å². The van der Waals surface area contributed by atoms with Crippen LogP contribution >= 0.6 is 11.6 Å². The highest BCUT2D eigenvalue weighted by Crippen LogP contribution is 2.23. The Hall–Kier alpha value is -3.48. The van der Waals surface area contributed by atoms with Crippen molar-refractivity contribution in [1.29, 1.82) is 0 Å². The number of aromatic nitrogens is 4. The molecule has 0 aliphatic carbocycles. The Morgan fingerprint density at radius 1 is 0.941 bits per heavy atom. The first kappa shape index (κ1) is 22.3. The first-order valence-electron chi connectivity index (χ1n) is 11.4. The van der Waals surface area contributed by atoms with Crippen molar-refractivity contribution in [3.05, 3.63) is 105 Å². The molecule has 2 heterocycles. The highest BCUT2D eigenvalue weighted by Gasteiger charge is 2.19. The van der Waals surface area contributed by atoms with Crippen LogP contribution < -0.4 is 5.56 Å². The molecule has 0 spiro atoms. The van der Waals surface area contributed by atoms with E-state index in [2.05, 4.69) is 40.4 Å². The lowest BCUT2D eigenvalue weighted by Crippen LogP contribution is -2.32. The molecule has 5 rings (SSSR count). The summed E-state index contributed by atoms with van der Waals surface area (Å²) in [5.74, 6) is 1.59. The summed E-state index contributed by atoms with van der Waals surface area (Å²) in [5.41, 5.74) is 3.71. The van der Waals surface area contributed by atoms with Gasteiger partial charge in [-0.05, 0) is 49.7 Å². The van der Waals surface area contributed by atoms with Gasteiger partial charge >= 0.3 is 0 Å². The Morgan fingerprint density at radius 3 is 2.50 bits per heavy atom. The van der Waals surface area contributed by atoms with Crippen molar-refractivity contribution in [2.75, 3.05) is 0 Å². The molecule has 0 amide bonds. The predicted octanol–water partition coefficient (Wildman–Crippen LogP) is 5.39. The van der Waals surface area contributed by atoms with E-state index in [1.807, 2.05) is 54.6 Å². The monoisotopic (exact) mass is 471 g/mol. The lowest BCUT2D eigenvalue weighted by Gasteiger charge is -2.26. The second-order valence-corrected chi connectivity index (χ2v) is 9.20. The highest BCUT2D eigenvalue weighted by molar-refractivity contribution is 6.31. The zero-order valence-electron chi connectivity index (χ0n) is 19.2. The van der Waals surface area contributed by atoms with Gasteiger partial charge in [0.2, 0.25) is 0 Å². The quantitative estimate of drug-likeness (QED) is 0.346. The topological polar surface area (TPSA) is 66.8 Å². The fourth-order valence-corrected chi connectivity index (χ4v) is 4.39. The fourth-order valence-electron chi connectivity index (χ4n) is 4.22. The standard InChI is InChI=1S/C27H26ClN5O/c1-18(2)32(16-25-29-22-11-7-6-10-21(22)27(34)31-25)17-26-30-23-14-20(28)12-13-24(23)33(26)15-19-8-4-3-5-9-19/h3-14,18H,15-17H2,1-2H3,(H,29,31,34). The third-order valence-electron chi connectivity index (χ3n) is 6.06. The summed E-state index contributed by atoms with van der Waals surface area (Å²) in [6, 6.07) is 23.8. The van der Waals surface area contributed by atoms with E-state index >= 15 is 0 Å². The van der Waals surface area contributed by atoms with Gasteiger partial charge in [-0.25, -0.2) is 9.97 Å². The molecule has 0 saturated carbocycles. The number of aromatic amines is 1. The summed E-state index contributed by atoms with van der Waals surface area (Å²) in [7, 11) is 0. The number of rotatable bonds is 7. The largest absolute Gasteiger partial charge is 0.322 e. The van der Waals surface area contributed by atoms with Gasteiger partial charge in [-0.3, -0.25) is 9.69 Å². The lowest BCUT2D eigenvalue weighted by atomic mass is 10.2. The van der Waals surface area contributed by atoms with Crippen LogP contribution in [0.1, 0.15) is 31.1 Å². The molecule has 6 nitrogen and oxygen atoms in total. The van der Waals surface area contributed by atoms with Crippen LogP contribution in [0, 0.1) is 0 Å². The van der Waals surface area contributed by atoms with Crippen LogP contribution in [0.5, 0.6) is 0 Å². The van der Waals surface area contributed by atoms with Gasteiger partial charge in [0.25, 0.3) is 5.56 Å². The van der Waals surface area contributed by atoms with E-state index in [1.165, 1.54) is 5.56 Å². The molecule has 2 aromatic heterocycles. The number of benzene rings is 3. The number of H-pyrrole nitrogens is 1. The van der Waals surface area contributed by atoms with E-state index < -0.39 is 0 Å². The van der Waals surface area contributed by atoms with Gasteiger partial charge in [0.05, 0.1) is 35.0 Å². The van der Waals surface area contributed by atoms with Gasteiger partial charge in [-0.2, -0.15) is 0 Å². The van der Waals surface area contributed by atoms with Crippen LogP contribution in [0.3, 0.4) is 0 Å². The summed E-state index contributed by atoms with van der Waals surface area (Å²) in [6.07, 6.45) is 0. The van der Waals surface area contributed by atoms with Crippen LogP contribution in [0.4, 0.5) is 0 Å². The molecule has 34 heavy (non-hydrogen) atoms. The molecule has 0 atom stereocenters. The summed E-state index contributed by atoms with van der Waals surface area (Å²) < 4.78 is 2.24. The maximum atomic E-state index is 12.6. The van der Waals surface area contributed by atoms with Gasteiger partial charge in [0.1, 0.15) is 11.6 Å². The molecular weight excluding hydrogens is 446 g/mol. The SMILES string of the molecule is CC(C)N(Cc1nc2ccccc2c(=O)[nH]1)Cc1nc2cc(Cl)ccc2n1Cc1ccccc1. The van der Waals surface area contributed by atoms with Gasteiger partial charge in [-0.15, -0.1) is 0 Å². The molecule has 0 aliphatic rings. The number of fused-ring (bicyclic) bond motifs is 2. The number of halogens is 1. The third-order valence-corrected chi connectivity index (χ3v) is 6.30. The van der Waals surface area contributed by atoms with Crippen LogP contribution in [-0.2, 0) is 19.6 Å². The maximum absolute atomic E-state index is 12.6. The number of hydrogen-bond donors (Lipinski definition) is 1. The Balaban J connectivity index is 1.51. The second kappa shape index (κ2) is 9.41. The van der Waals surface area contributed by atoms with Gasteiger partial charge in [-0.1, -0.05) is 54.1 Å². The average Bonchev–Trinajstić information content (AvgIpc) is 3.15. The van der Waals surface area contributed by atoms with Gasteiger partial charge in [0.15, 0.2) is 0 Å². The van der Waals surface area contributed by atoms with Crippen molar-refractivity contribution >= 4 is 33.5 Å². The second-order valence-electron chi connectivity index (χ2n) is 8.76. The molecule has 7 heteroatoms. The molecule has 5 aromatic rings. The third kappa shape index (κ3) is 4.60. The summed E-state index contributed by atoms with van der Waals surface area (Å²) >= 11 is 6.26. The molecule has 1 N–H and O–H groups in total. The number of nitrogens with one attached hydrogen (secondary N) is 1. The van der Waals surface area contributed by atoms with Crippen molar-refractivity contribution in [3.8, 4) is 0 Å². The van der Waals surface area contributed by atoms with E-state index in [-0.39, 0.29) is 11.6 Å². The van der Waals surface area contributed by atoms with Crippen molar-refractivity contribution in [2.45, 2.75) is 39.5 Å². The highest BCUT2D eigenvalue weighted by atomic mass is 35.5. The van der Waals surface area contributed by atoms with Crippen LogP contribution in [-0.4, -0.2) is 30.5 Å². The summed E-state index contributed by atoms with van der Waals surface area (Å²) in [5, 5.41) is 1.27. The lowest BCUT2D eigenvalue weighted by molar-refractivity contribution is 0.191. The van der Waals surface area contributed by atoms with Crippen LogP contribution in [0.15, 0.2) is 77.6 Å². The Kier molecular flexibility index (Phi) is 6.18. The Bertz CT molecular complexity index is 1510. The zero-order valence-corrected chi connectivity index (χ0v) is 20.0. The zero-order chi connectivity index (χ0) is 23.7. The minimum Gasteiger partial charge on any atom is -0.322 e. The van der Waals surface area contributed by atoms with Crippen LogP contribution in [0.25, 0.3) is 21.9 Å². The van der Waals surface area contributed by atoms with Gasteiger partial charge < -0.3 is 9.55 Å². The van der Waals surface area contributed by atoms with E-state index in [0.717, 1.165) is 16.9 Å². The van der Waals surface area contributed by atoms with Crippen molar-refractivity contribution in [2.24, 2.45) is 0 Å². The first-order chi connectivity index (χ1) is 16.5. The minimum absolute atomic E-state index is 0.115. The average molecular weight is 472 g/mol. The van der Waals surface area contributed by atoms with Crippen molar-refractivity contribution in [1.82, 2.24) is 24.4 Å². The fraction of sp³-hybridized carbons (Fsp3) is 0.222. The molecule has 3 aromatic carbocycles. The van der Waals surface area contributed by atoms with E-state index in [4.69, 9.17) is 21.6 Å². The first-order valence-corrected chi connectivity index (χ1v) is 11.8. The Labute approximate surface area is 202 Å². The Morgan fingerprint density at radius 2 is 1.71 bits per heavy atom. The molecule has 0 fully saturated rings. The van der Waals surface area contributed by atoms with Crippen molar-refractivity contribution < 1.29 is 0 Å². The molecule has 0 radical (unpaired) electrons. The van der Waals surface area contributed by atoms with E-state index in [9.17, 15) is 4.79 Å². The number of nitrogens with zero attached hydrogens (tertiary/aromatic N) is 4.